The SMILES string of the molecule is CC(=O)O.CCCCCCCCCCCCCCCCCCC(CCCCCCCCCC)C(=O)N[C@@H]1O[C@H](CO)[C@@H](O)[C@H](O)[C@H]1NC(=O)[C@@H](N)CC(C)C. The van der Waals surface area contributed by atoms with Crippen LogP contribution in [0.4, 0.5) is 0 Å². The van der Waals surface area contributed by atoms with Crippen LogP contribution in [0.5, 0.6) is 0 Å². The van der Waals surface area contributed by atoms with Gasteiger partial charge in [-0.05, 0) is 25.2 Å². The summed E-state index contributed by atoms with van der Waals surface area (Å²) in [5, 5.41) is 44.5. The maximum absolute atomic E-state index is 13.8. The van der Waals surface area contributed by atoms with Crippen molar-refractivity contribution in [1.29, 1.82) is 0 Å². The van der Waals surface area contributed by atoms with Crippen LogP contribution in [0.2, 0.25) is 0 Å². The maximum atomic E-state index is 13.8. The second-order valence-corrected chi connectivity index (χ2v) is 16.6. The van der Waals surface area contributed by atoms with E-state index in [0.717, 1.165) is 45.4 Å². The Balaban J connectivity index is 0.00000692. The normalized spacial score (nSPS) is 20.7. The van der Waals surface area contributed by atoms with E-state index in [1.54, 1.807) is 0 Å². The molecule has 1 rings (SSSR count). The van der Waals surface area contributed by atoms with E-state index >= 15 is 0 Å². The second kappa shape index (κ2) is 35.4. The van der Waals surface area contributed by atoms with E-state index in [2.05, 4.69) is 24.5 Å². The molecule has 0 aromatic rings. The Kier molecular flexibility index (Phi) is 34.2. The number of unbranched alkanes of at least 4 members (excludes halogenated alkanes) is 22. The topological polar surface area (TPSA) is 191 Å². The molecule has 7 atom stereocenters. The standard InChI is InChI=1S/C42H83N3O6.C2H4O2/c1-5-7-9-11-13-15-16-17-18-19-20-21-22-24-26-28-30-34(29-27-25-23-14-12-10-8-6-2)40(49)45-42-37(39(48)38(47)36(32-46)51-42)44-41(50)35(43)31-33(3)4;1-2(3)4/h33-39,42,46-48H,5-32,43H2,1-4H3,(H,44,50)(H,45,49);1H3,(H,3,4)/t34?,35-,36+,37+,38+,39+,42+;/m0./s1. The number of nitrogens with two attached hydrogens (primary N) is 1. The summed E-state index contributed by atoms with van der Waals surface area (Å²) < 4.78 is 5.89. The van der Waals surface area contributed by atoms with E-state index in [9.17, 15) is 24.9 Å². The zero-order valence-corrected chi connectivity index (χ0v) is 35.9. The van der Waals surface area contributed by atoms with E-state index in [1.807, 2.05) is 13.8 Å². The predicted molar refractivity (Wildman–Crippen MR) is 223 cm³/mol. The van der Waals surface area contributed by atoms with Crippen LogP contribution in [0.25, 0.3) is 0 Å². The van der Waals surface area contributed by atoms with Gasteiger partial charge in [-0.25, -0.2) is 0 Å². The molecular weight excluding hydrogens is 698 g/mol. The number of nitrogens with one attached hydrogen (secondary N) is 2. The molecule has 1 heterocycles. The first kappa shape index (κ1) is 53.2. The van der Waals surface area contributed by atoms with Gasteiger partial charge in [0.05, 0.1) is 12.6 Å². The molecule has 8 N–H and O–H groups in total. The molecule has 0 bridgehead atoms. The highest BCUT2D eigenvalue weighted by molar-refractivity contribution is 5.82. The Morgan fingerprint density at radius 1 is 0.618 bits per heavy atom. The number of amides is 2. The Morgan fingerprint density at radius 3 is 1.33 bits per heavy atom. The van der Waals surface area contributed by atoms with Crippen LogP contribution in [0.3, 0.4) is 0 Å². The molecular formula is C44H87N3O8. The third-order valence-electron chi connectivity index (χ3n) is 10.8. The largest absolute Gasteiger partial charge is 0.481 e. The van der Waals surface area contributed by atoms with Gasteiger partial charge in [0.25, 0.3) is 5.97 Å². The van der Waals surface area contributed by atoms with Crippen molar-refractivity contribution in [2.24, 2.45) is 17.6 Å². The summed E-state index contributed by atoms with van der Waals surface area (Å²) in [6, 6.07) is -1.90. The van der Waals surface area contributed by atoms with E-state index < -0.39 is 55.1 Å². The van der Waals surface area contributed by atoms with Crippen LogP contribution in [0, 0.1) is 11.8 Å². The number of aliphatic hydroxyl groups excluding tert-OH is 3. The highest BCUT2D eigenvalue weighted by Crippen LogP contribution is 2.24. The molecule has 0 radical (unpaired) electrons. The number of carboxylic acid groups (broad SMARTS) is 1. The van der Waals surface area contributed by atoms with Crippen molar-refractivity contribution in [2.75, 3.05) is 6.61 Å². The monoisotopic (exact) mass is 786 g/mol. The lowest BCUT2D eigenvalue weighted by molar-refractivity contribution is -0.204. The number of carboxylic acids is 1. The average molecular weight is 786 g/mol. The molecule has 0 aromatic carbocycles. The molecule has 1 fully saturated rings. The zero-order valence-electron chi connectivity index (χ0n) is 35.9. The van der Waals surface area contributed by atoms with Gasteiger partial charge in [-0.1, -0.05) is 182 Å². The molecule has 1 saturated heterocycles. The van der Waals surface area contributed by atoms with Gasteiger partial charge in [0.2, 0.25) is 11.8 Å². The summed E-state index contributed by atoms with van der Waals surface area (Å²) in [6.07, 6.45) is 27.4. The predicted octanol–water partition coefficient (Wildman–Crippen LogP) is 8.29. The molecule has 1 aliphatic heterocycles. The van der Waals surface area contributed by atoms with Crippen LogP contribution in [0.1, 0.15) is 208 Å². The van der Waals surface area contributed by atoms with Gasteiger partial charge < -0.3 is 41.5 Å². The van der Waals surface area contributed by atoms with Crippen molar-refractivity contribution in [3.63, 3.8) is 0 Å². The molecule has 55 heavy (non-hydrogen) atoms. The zero-order chi connectivity index (χ0) is 41.3. The average Bonchev–Trinajstić information content (AvgIpc) is 3.13. The summed E-state index contributed by atoms with van der Waals surface area (Å²) in [5.41, 5.74) is 6.10. The molecule has 1 aliphatic rings. The minimum Gasteiger partial charge on any atom is -0.481 e. The number of rotatable bonds is 33. The lowest BCUT2D eigenvalue weighted by atomic mass is 9.92. The molecule has 2 amide bonds. The van der Waals surface area contributed by atoms with Crippen LogP contribution in [-0.4, -0.2) is 81.4 Å². The van der Waals surface area contributed by atoms with E-state index in [1.165, 1.54) is 128 Å². The van der Waals surface area contributed by atoms with E-state index in [0.29, 0.717) is 6.42 Å². The van der Waals surface area contributed by atoms with Crippen molar-refractivity contribution >= 4 is 17.8 Å². The third kappa shape index (κ3) is 28.3. The Hall–Kier alpha value is -1.79. The number of ether oxygens (including phenoxy) is 1. The Bertz CT molecular complexity index is 935. The van der Waals surface area contributed by atoms with Crippen LogP contribution < -0.4 is 16.4 Å². The number of aliphatic carboxylic acids is 1. The van der Waals surface area contributed by atoms with Crippen molar-refractivity contribution in [1.82, 2.24) is 10.6 Å². The molecule has 0 aromatic heterocycles. The summed E-state index contributed by atoms with van der Waals surface area (Å²) in [4.78, 5) is 35.7. The number of hydrogen-bond acceptors (Lipinski definition) is 8. The van der Waals surface area contributed by atoms with Gasteiger partial charge in [-0.2, -0.15) is 0 Å². The molecule has 326 valence electrons. The smallest absolute Gasteiger partial charge is 0.300 e. The number of carbonyl (C=O) groups is 3. The fraction of sp³-hybridized carbons (Fsp3) is 0.932. The highest BCUT2D eigenvalue weighted by Gasteiger charge is 2.46. The fourth-order valence-electron chi connectivity index (χ4n) is 7.42. The summed E-state index contributed by atoms with van der Waals surface area (Å²) in [6.45, 7) is 8.99. The van der Waals surface area contributed by atoms with Crippen LogP contribution in [-0.2, 0) is 19.1 Å². The second-order valence-electron chi connectivity index (χ2n) is 16.6. The Labute approximate surface area is 336 Å². The molecule has 1 unspecified atom stereocenters. The third-order valence-corrected chi connectivity index (χ3v) is 10.8. The van der Waals surface area contributed by atoms with Crippen molar-refractivity contribution in [3.05, 3.63) is 0 Å². The van der Waals surface area contributed by atoms with Gasteiger partial charge >= 0.3 is 0 Å². The van der Waals surface area contributed by atoms with E-state index in [-0.39, 0.29) is 17.7 Å². The van der Waals surface area contributed by atoms with Crippen molar-refractivity contribution in [3.8, 4) is 0 Å². The molecule has 0 saturated carbocycles. The summed E-state index contributed by atoms with van der Waals surface area (Å²) >= 11 is 0. The quantitative estimate of drug-likeness (QED) is 0.0321. The number of aliphatic hydroxyl groups is 3. The Morgan fingerprint density at radius 2 is 0.982 bits per heavy atom. The first-order valence-corrected chi connectivity index (χ1v) is 22.6. The van der Waals surface area contributed by atoms with Gasteiger partial charge in [0, 0.05) is 12.8 Å². The van der Waals surface area contributed by atoms with Gasteiger partial charge in [-0.15, -0.1) is 0 Å². The van der Waals surface area contributed by atoms with Crippen molar-refractivity contribution in [2.45, 2.75) is 245 Å². The summed E-state index contributed by atoms with van der Waals surface area (Å²) in [7, 11) is 0. The number of hydrogen-bond donors (Lipinski definition) is 7. The summed E-state index contributed by atoms with van der Waals surface area (Å²) in [5.74, 6) is -1.50. The van der Waals surface area contributed by atoms with E-state index in [4.69, 9.17) is 20.4 Å². The molecule has 11 heteroatoms. The fourth-order valence-corrected chi connectivity index (χ4v) is 7.42. The molecule has 0 aliphatic carbocycles. The lowest BCUT2D eigenvalue weighted by Gasteiger charge is -2.43. The van der Waals surface area contributed by atoms with Crippen LogP contribution >= 0.6 is 0 Å². The van der Waals surface area contributed by atoms with Gasteiger partial charge in [0.15, 0.2) is 6.23 Å². The minimum absolute atomic E-state index is 0.171. The minimum atomic E-state index is -1.44. The van der Waals surface area contributed by atoms with Crippen LogP contribution in [0.15, 0.2) is 0 Å². The molecule has 11 nitrogen and oxygen atoms in total. The van der Waals surface area contributed by atoms with Gasteiger partial charge in [0.1, 0.15) is 24.4 Å². The first-order chi connectivity index (χ1) is 26.4. The lowest BCUT2D eigenvalue weighted by Crippen LogP contribution is -2.69. The van der Waals surface area contributed by atoms with Crippen molar-refractivity contribution < 1.29 is 39.5 Å². The number of carbonyl (C=O) groups excluding carboxylic acids is 2. The molecule has 0 spiro atoms. The maximum Gasteiger partial charge on any atom is 0.300 e. The van der Waals surface area contributed by atoms with Gasteiger partial charge in [-0.3, -0.25) is 14.4 Å². The highest BCUT2D eigenvalue weighted by atomic mass is 16.5. The first-order valence-electron chi connectivity index (χ1n) is 22.6.